The second-order valence-electron chi connectivity index (χ2n) is 6.16. The zero-order valence-corrected chi connectivity index (χ0v) is 12.9. The molecule has 1 saturated carbocycles. The highest BCUT2D eigenvalue weighted by molar-refractivity contribution is 5.23. The summed E-state index contributed by atoms with van der Waals surface area (Å²) in [6.45, 7) is 6.41. The Bertz CT molecular complexity index is 404. The van der Waals surface area contributed by atoms with E-state index < -0.39 is 0 Å². The van der Waals surface area contributed by atoms with Gasteiger partial charge in [0, 0.05) is 0 Å². The molecular formula is C18H28FN. The van der Waals surface area contributed by atoms with Crippen LogP contribution in [0.25, 0.3) is 0 Å². The van der Waals surface area contributed by atoms with Crippen LogP contribution in [0.3, 0.4) is 0 Å². The fourth-order valence-corrected chi connectivity index (χ4v) is 3.72. The molecule has 2 heteroatoms. The summed E-state index contributed by atoms with van der Waals surface area (Å²) in [4.78, 5) is 0. The Morgan fingerprint density at radius 3 is 2.70 bits per heavy atom. The van der Waals surface area contributed by atoms with Gasteiger partial charge in [0.25, 0.3) is 0 Å². The minimum Gasteiger partial charge on any atom is -0.317 e. The van der Waals surface area contributed by atoms with Crippen molar-refractivity contribution >= 4 is 0 Å². The summed E-state index contributed by atoms with van der Waals surface area (Å²) in [5.41, 5.74) is 0.941. The van der Waals surface area contributed by atoms with Gasteiger partial charge in [-0.05, 0) is 55.3 Å². The standard InChI is InChI=1S/C18H28FN/c1-3-7-14-10-11-15(13-20-4-2)17(12-14)16-8-5-6-9-18(16)19/h5-6,8-9,14-15,17,20H,3-4,7,10-13H2,1-2H3. The number of halogens is 1. The van der Waals surface area contributed by atoms with Crippen molar-refractivity contribution in [2.45, 2.75) is 51.9 Å². The van der Waals surface area contributed by atoms with Crippen molar-refractivity contribution < 1.29 is 4.39 Å². The van der Waals surface area contributed by atoms with Gasteiger partial charge in [0.15, 0.2) is 0 Å². The third-order valence-electron chi connectivity index (χ3n) is 4.76. The van der Waals surface area contributed by atoms with Crippen molar-refractivity contribution in [1.29, 1.82) is 0 Å². The first kappa shape index (κ1) is 15.5. The van der Waals surface area contributed by atoms with Gasteiger partial charge in [0.2, 0.25) is 0 Å². The second-order valence-corrected chi connectivity index (χ2v) is 6.16. The molecule has 3 unspecified atom stereocenters. The molecule has 1 aliphatic carbocycles. The summed E-state index contributed by atoms with van der Waals surface area (Å²) >= 11 is 0. The van der Waals surface area contributed by atoms with Crippen LogP contribution in [-0.2, 0) is 0 Å². The summed E-state index contributed by atoms with van der Waals surface area (Å²) in [6.07, 6.45) is 6.24. The Morgan fingerprint density at radius 2 is 2.00 bits per heavy atom. The van der Waals surface area contributed by atoms with E-state index in [-0.39, 0.29) is 5.82 Å². The molecule has 3 atom stereocenters. The SMILES string of the molecule is CCCC1CCC(CNCC)C(c2ccccc2F)C1. The molecule has 20 heavy (non-hydrogen) atoms. The lowest BCUT2D eigenvalue weighted by molar-refractivity contribution is 0.218. The summed E-state index contributed by atoms with van der Waals surface area (Å²) in [5.74, 6) is 1.74. The molecule has 112 valence electrons. The topological polar surface area (TPSA) is 12.0 Å². The van der Waals surface area contributed by atoms with E-state index in [0.29, 0.717) is 11.8 Å². The van der Waals surface area contributed by atoms with E-state index in [1.54, 1.807) is 12.1 Å². The van der Waals surface area contributed by atoms with Crippen LogP contribution >= 0.6 is 0 Å². The van der Waals surface area contributed by atoms with Gasteiger partial charge in [-0.3, -0.25) is 0 Å². The van der Waals surface area contributed by atoms with Crippen LogP contribution in [-0.4, -0.2) is 13.1 Å². The van der Waals surface area contributed by atoms with Gasteiger partial charge >= 0.3 is 0 Å². The molecule has 1 aromatic rings. The Hall–Kier alpha value is -0.890. The van der Waals surface area contributed by atoms with Crippen LogP contribution in [0.2, 0.25) is 0 Å². The number of rotatable bonds is 6. The third-order valence-corrected chi connectivity index (χ3v) is 4.76. The first-order chi connectivity index (χ1) is 9.76. The molecule has 0 bridgehead atoms. The summed E-state index contributed by atoms with van der Waals surface area (Å²) in [5, 5.41) is 3.46. The first-order valence-corrected chi connectivity index (χ1v) is 8.21. The van der Waals surface area contributed by atoms with Gasteiger partial charge in [-0.25, -0.2) is 4.39 Å². The predicted octanol–water partition coefficient (Wildman–Crippen LogP) is 4.74. The molecule has 0 saturated heterocycles. The van der Waals surface area contributed by atoms with Crippen LogP contribution in [0.4, 0.5) is 4.39 Å². The fraction of sp³-hybridized carbons (Fsp3) is 0.667. The fourth-order valence-electron chi connectivity index (χ4n) is 3.72. The third kappa shape index (κ3) is 3.82. The number of benzene rings is 1. The van der Waals surface area contributed by atoms with Crippen molar-refractivity contribution in [3.8, 4) is 0 Å². The van der Waals surface area contributed by atoms with Gasteiger partial charge < -0.3 is 5.32 Å². The zero-order chi connectivity index (χ0) is 14.4. The van der Waals surface area contributed by atoms with Gasteiger partial charge in [0.05, 0.1) is 0 Å². The Labute approximate surface area is 123 Å². The van der Waals surface area contributed by atoms with E-state index in [2.05, 4.69) is 19.2 Å². The molecule has 1 N–H and O–H groups in total. The summed E-state index contributed by atoms with van der Waals surface area (Å²) in [6, 6.07) is 7.38. The van der Waals surface area contributed by atoms with E-state index in [0.717, 1.165) is 31.0 Å². The van der Waals surface area contributed by atoms with E-state index in [9.17, 15) is 4.39 Å². The highest BCUT2D eigenvalue weighted by atomic mass is 19.1. The minimum absolute atomic E-state index is 0.0175. The zero-order valence-electron chi connectivity index (χ0n) is 12.9. The molecule has 1 aromatic carbocycles. The van der Waals surface area contributed by atoms with Gasteiger partial charge in [-0.1, -0.05) is 51.3 Å². The number of hydrogen-bond donors (Lipinski definition) is 1. The van der Waals surface area contributed by atoms with E-state index in [1.165, 1.54) is 25.7 Å². The molecule has 1 fully saturated rings. The van der Waals surface area contributed by atoms with Gasteiger partial charge in [-0.2, -0.15) is 0 Å². The molecular weight excluding hydrogens is 249 g/mol. The lowest BCUT2D eigenvalue weighted by Gasteiger charge is -2.37. The van der Waals surface area contributed by atoms with Crippen LogP contribution in [0.15, 0.2) is 24.3 Å². The van der Waals surface area contributed by atoms with Crippen molar-refractivity contribution in [1.82, 2.24) is 5.32 Å². The van der Waals surface area contributed by atoms with Crippen LogP contribution in [0.1, 0.15) is 57.4 Å². The molecule has 2 rings (SSSR count). The van der Waals surface area contributed by atoms with Crippen LogP contribution in [0, 0.1) is 17.7 Å². The minimum atomic E-state index is -0.0175. The van der Waals surface area contributed by atoms with Crippen LogP contribution < -0.4 is 5.32 Å². The molecule has 0 aliphatic heterocycles. The van der Waals surface area contributed by atoms with E-state index >= 15 is 0 Å². The molecule has 1 nitrogen and oxygen atoms in total. The molecule has 0 heterocycles. The Balaban J connectivity index is 2.14. The predicted molar refractivity (Wildman–Crippen MR) is 83.4 cm³/mol. The average Bonchev–Trinajstić information content (AvgIpc) is 2.47. The monoisotopic (exact) mass is 277 g/mol. The van der Waals surface area contributed by atoms with Crippen molar-refractivity contribution in [2.24, 2.45) is 11.8 Å². The van der Waals surface area contributed by atoms with Crippen molar-refractivity contribution in [3.05, 3.63) is 35.6 Å². The molecule has 0 spiro atoms. The smallest absolute Gasteiger partial charge is 0.126 e. The highest BCUT2D eigenvalue weighted by Gasteiger charge is 2.32. The van der Waals surface area contributed by atoms with Gasteiger partial charge in [-0.15, -0.1) is 0 Å². The quantitative estimate of drug-likeness (QED) is 0.792. The largest absolute Gasteiger partial charge is 0.317 e. The summed E-state index contributed by atoms with van der Waals surface area (Å²) < 4.78 is 14.2. The lowest BCUT2D eigenvalue weighted by Crippen LogP contribution is -2.32. The lowest BCUT2D eigenvalue weighted by atomic mass is 9.70. The average molecular weight is 277 g/mol. The van der Waals surface area contributed by atoms with E-state index in [1.807, 2.05) is 12.1 Å². The highest BCUT2D eigenvalue weighted by Crippen LogP contribution is 2.42. The number of hydrogen-bond acceptors (Lipinski definition) is 1. The summed E-state index contributed by atoms with van der Waals surface area (Å²) in [7, 11) is 0. The molecule has 0 amide bonds. The normalized spacial score (nSPS) is 26.6. The molecule has 0 aromatic heterocycles. The van der Waals surface area contributed by atoms with Crippen LogP contribution in [0.5, 0.6) is 0 Å². The first-order valence-electron chi connectivity index (χ1n) is 8.21. The van der Waals surface area contributed by atoms with Crippen molar-refractivity contribution in [2.75, 3.05) is 13.1 Å². The Morgan fingerprint density at radius 1 is 1.20 bits per heavy atom. The maximum Gasteiger partial charge on any atom is 0.126 e. The molecule has 0 radical (unpaired) electrons. The maximum atomic E-state index is 14.2. The second kappa shape index (κ2) is 7.78. The van der Waals surface area contributed by atoms with Gasteiger partial charge in [0.1, 0.15) is 5.82 Å². The maximum absolute atomic E-state index is 14.2. The number of nitrogens with one attached hydrogen (secondary N) is 1. The van der Waals surface area contributed by atoms with Crippen molar-refractivity contribution in [3.63, 3.8) is 0 Å². The molecule has 1 aliphatic rings. The van der Waals surface area contributed by atoms with E-state index in [4.69, 9.17) is 0 Å². The Kier molecular flexibility index (Phi) is 6.03.